The van der Waals surface area contributed by atoms with E-state index in [0.29, 0.717) is 17.8 Å². The second kappa shape index (κ2) is 6.33. The van der Waals surface area contributed by atoms with Crippen molar-refractivity contribution in [3.8, 4) is 0 Å². The molecule has 1 atom stereocenters. The minimum Gasteiger partial charge on any atom is -0.480 e. The van der Waals surface area contributed by atoms with Crippen LogP contribution in [0.4, 0.5) is 5.69 Å². The van der Waals surface area contributed by atoms with Crippen LogP contribution in [0.1, 0.15) is 24.7 Å². The van der Waals surface area contributed by atoms with Gasteiger partial charge in [0.2, 0.25) is 5.91 Å². The van der Waals surface area contributed by atoms with Gasteiger partial charge in [-0.25, -0.2) is 0 Å². The van der Waals surface area contributed by atoms with Gasteiger partial charge in [-0.15, -0.1) is 0 Å². The number of anilines is 1. The molecule has 106 valence electrons. The predicted octanol–water partition coefficient (Wildman–Crippen LogP) is 0.760. The van der Waals surface area contributed by atoms with Crippen molar-refractivity contribution in [3.05, 3.63) is 11.4 Å². The number of amides is 1. The molecular weight excluding hydrogens is 248 g/mol. The van der Waals surface area contributed by atoms with E-state index in [2.05, 4.69) is 15.5 Å². The molecule has 7 nitrogen and oxygen atoms in total. The first-order valence-electron chi connectivity index (χ1n) is 6.11. The van der Waals surface area contributed by atoms with Crippen LogP contribution in [0.5, 0.6) is 0 Å². The molecule has 1 unspecified atom stereocenters. The molecule has 19 heavy (non-hydrogen) atoms. The minimum atomic E-state index is -0.923. The molecule has 1 aromatic rings. The van der Waals surface area contributed by atoms with Crippen molar-refractivity contribution in [1.82, 2.24) is 15.1 Å². The fraction of sp³-hybridized carbons (Fsp3) is 0.583. The lowest BCUT2D eigenvalue weighted by Crippen LogP contribution is -2.42. The number of carboxylic acid groups (broad SMARTS) is 1. The number of hydrogen-bond donors (Lipinski definition) is 3. The summed E-state index contributed by atoms with van der Waals surface area (Å²) in [5.41, 5.74) is 2.14. The van der Waals surface area contributed by atoms with Crippen LogP contribution in [0.3, 0.4) is 0 Å². The highest BCUT2D eigenvalue weighted by Gasteiger charge is 2.22. The van der Waals surface area contributed by atoms with Crippen LogP contribution in [-0.2, 0) is 9.59 Å². The van der Waals surface area contributed by atoms with Crippen molar-refractivity contribution in [1.29, 1.82) is 0 Å². The van der Waals surface area contributed by atoms with Gasteiger partial charge in [-0.1, -0.05) is 6.92 Å². The highest BCUT2D eigenvalue weighted by atomic mass is 16.4. The SMILES string of the molecule is CCC(C(=O)O)N(C)CC(=O)Nc1c(C)n[nH]c1C. The third-order valence-electron chi connectivity index (χ3n) is 2.99. The van der Waals surface area contributed by atoms with E-state index in [1.807, 2.05) is 6.92 Å². The molecule has 7 heteroatoms. The van der Waals surface area contributed by atoms with Gasteiger partial charge in [0.25, 0.3) is 0 Å². The number of carboxylic acids is 1. The molecule has 0 fully saturated rings. The Morgan fingerprint density at radius 2 is 2.11 bits per heavy atom. The quantitative estimate of drug-likeness (QED) is 0.707. The van der Waals surface area contributed by atoms with Crippen molar-refractivity contribution >= 4 is 17.6 Å². The highest BCUT2D eigenvalue weighted by molar-refractivity contribution is 5.93. The summed E-state index contributed by atoms with van der Waals surface area (Å²) in [6.07, 6.45) is 0.447. The summed E-state index contributed by atoms with van der Waals surface area (Å²) >= 11 is 0. The van der Waals surface area contributed by atoms with Gasteiger partial charge in [0.1, 0.15) is 6.04 Å². The standard InChI is InChI=1S/C12H20N4O3/c1-5-9(12(18)19)16(4)6-10(17)13-11-7(2)14-15-8(11)3/h9H,5-6H2,1-4H3,(H,13,17)(H,14,15)(H,18,19). The summed E-state index contributed by atoms with van der Waals surface area (Å²) < 4.78 is 0. The molecule has 0 saturated carbocycles. The number of nitrogens with one attached hydrogen (secondary N) is 2. The molecule has 0 bridgehead atoms. The number of nitrogens with zero attached hydrogens (tertiary/aromatic N) is 2. The number of carbonyl (C=O) groups excluding carboxylic acids is 1. The first kappa shape index (κ1) is 15.2. The average Bonchev–Trinajstić information content (AvgIpc) is 2.61. The zero-order valence-electron chi connectivity index (χ0n) is 11.6. The van der Waals surface area contributed by atoms with Gasteiger partial charge in [0, 0.05) is 0 Å². The maximum atomic E-state index is 11.9. The number of aliphatic carboxylic acids is 1. The summed E-state index contributed by atoms with van der Waals surface area (Å²) in [7, 11) is 1.62. The van der Waals surface area contributed by atoms with Crippen molar-refractivity contribution in [2.45, 2.75) is 33.2 Å². The summed E-state index contributed by atoms with van der Waals surface area (Å²) in [4.78, 5) is 24.4. The van der Waals surface area contributed by atoms with E-state index < -0.39 is 12.0 Å². The van der Waals surface area contributed by atoms with Crippen molar-refractivity contribution in [2.75, 3.05) is 18.9 Å². The minimum absolute atomic E-state index is 0.0227. The van der Waals surface area contributed by atoms with E-state index in [1.54, 1.807) is 20.9 Å². The summed E-state index contributed by atoms with van der Waals surface area (Å²) in [5.74, 6) is -1.18. The normalized spacial score (nSPS) is 12.5. The number of rotatable bonds is 6. The first-order valence-corrected chi connectivity index (χ1v) is 6.11. The van der Waals surface area contributed by atoms with E-state index in [4.69, 9.17) is 5.11 Å². The number of aromatic amines is 1. The van der Waals surface area contributed by atoms with Crippen LogP contribution in [0.25, 0.3) is 0 Å². The van der Waals surface area contributed by atoms with E-state index in [-0.39, 0.29) is 12.5 Å². The largest absolute Gasteiger partial charge is 0.480 e. The lowest BCUT2D eigenvalue weighted by molar-refractivity contribution is -0.143. The molecule has 0 aromatic carbocycles. The van der Waals surface area contributed by atoms with Crippen LogP contribution >= 0.6 is 0 Å². The molecule has 0 radical (unpaired) electrons. The summed E-state index contributed by atoms with van der Waals surface area (Å²) in [6, 6.07) is -0.655. The lowest BCUT2D eigenvalue weighted by atomic mass is 10.2. The Morgan fingerprint density at radius 3 is 2.53 bits per heavy atom. The molecule has 3 N–H and O–H groups in total. The van der Waals surface area contributed by atoms with E-state index in [0.717, 1.165) is 5.69 Å². The van der Waals surface area contributed by atoms with Crippen molar-refractivity contribution < 1.29 is 14.7 Å². The Labute approximate surface area is 112 Å². The van der Waals surface area contributed by atoms with Gasteiger partial charge in [-0.2, -0.15) is 5.10 Å². The van der Waals surface area contributed by atoms with Crippen LogP contribution in [0.15, 0.2) is 0 Å². The Hall–Kier alpha value is -1.89. The molecule has 1 aromatic heterocycles. The zero-order valence-corrected chi connectivity index (χ0v) is 11.6. The smallest absolute Gasteiger partial charge is 0.320 e. The Balaban J connectivity index is 2.63. The Morgan fingerprint density at radius 1 is 1.47 bits per heavy atom. The molecule has 0 aliphatic heterocycles. The number of likely N-dealkylation sites (N-methyl/N-ethyl adjacent to an activating group) is 1. The Kier molecular flexibility index (Phi) is 5.05. The van der Waals surface area contributed by atoms with Crippen LogP contribution in [0.2, 0.25) is 0 Å². The number of carbonyl (C=O) groups is 2. The van der Waals surface area contributed by atoms with Gasteiger partial charge < -0.3 is 10.4 Å². The van der Waals surface area contributed by atoms with Gasteiger partial charge in [0.05, 0.1) is 23.6 Å². The van der Waals surface area contributed by atoms with Gasteiger partial charge >= 0.3 is 5.97 Å². The monoisotopic (exact) mass is 268 g/mol. The maximum absolute atomic E-state index is 11.9. The molecule has 1 amide bonds. The molecule has 0 saturated heterocycles. The summed E-state index contributed by atoms with van der Waals surface area (Å²) in [6.45, 7) is 5.40. The van der Waals surface area contributed by atoms with E-state index in [1.165, 1.54) is 4.90 Å². The fourth-order valence-corrected chi connectivity index (χ4v) is 1.93. The molecule has 0 aliphatic rings. The second-order valence-corrected chi connectivity index (χ2v) is 4.53. The van der Waals surface area contributed by atoms with Crippen molar-refractivity contribution in [2.24, 2.45) is 0 Å². The number of aryl methyl sites for hydroxylation is 2. The first-order chi connectivity index (χ1) is 8.86. The second-order valence-electron chi connectivity index (χ2n) is 4.53. The van der Waals surface area contributed by atoms with Crippen molar-refractivity contribution in [3.63, 3.8) is 0 Å². The van der Waals surface area contributed by atoms with Crippen LogP contribution < -0.4 is 5.32 Å². The average molecular weight is 268 g/mol. The fourth-order valence-electron chi connectivity index (χ4n) is 1.93. The third-order valence-corrected chi connectivity index (χ3v) is 2.99. The third kappa shape index (κ3) is 3.78. The highest BCUT2D eigenvalue weighted by Crippen LogP contribution is 2.15. The van der Waals surface area contributed by atoms with Gasteiger partial charge in [-0.05, 0) is 27.3 Å². The topological polar surface area (TPSA) is 98.3 Å². The maximum Gasteiger partial charge on any atom is 0.320 e. The molecule has 0 aliphatic carbocycles. The summed E-state index contributed by atoms with van der Waals surface area (Å²) in [5, 5.41) is 18.5. The molecule has 1 rings (SSSR count). The van der Waals surface area contributed by atoms with Gasteiger partial charge in [0.15, 0.2) is 0 Å². The molecule has 0 spiro atoms. The number of hydrogen-bond acceptors (Lipinski definition) is 4. The van der Waals surface area contributed by atoms with Crippen LogP contribution in [-0.4, -0.2) is 51.7 Å². The van der Waals surface area contributed by atoms with Gasteiger partial charge in [-0.3, -0.25) is 19.6 Å². The Bertz CT molecular complexity index is 450. The zero-order chi connectivity index (χ0) is 14.6. The van der Waals surface area contributed by atoms with E-state index >= 15 is 0 Å². The molecule has 1 heterocycles. The lowest BCUT2D eigenvalue weighted by Gasteiger charge is -2.22. The number of aromatic nitrogens is 2. The predicted molar refractivity (Wildman–Crippen MR) is 71.0 cm³/mol. The van der Waals surface area contributed by atoms with E-state index in [9.17, 15) is 9.59 Å². The number of H-pyrrole nitrogens is 1. The molecular formula is C12H20N4O3. The van der Waals surface area contributed by atoms with Crippen LogP contribution in [0, 0.1) is 13.8 Å².